The fourth-order valence-electron chi connectivity index (χ4n) is 3.41. The van der Waals surface area contributed by atoms with Crippen LogP contribution in [0.25, 0.3) is 11.0 Å². The van der Waals surface area contributed by atoms with E-state index in [0.29, 0.717) is 16.8 Å². The van der Waals surface area contributed by atoms with Gasteiger partial charge < -0.3 is 14.5 Å². The van der Waals surface area contributed by atoms with Crippen molar-refractivity contribution in [1.29, 1.82) is 0 Å². The molecule has 1 fully saturated rings. The molecule has 1 saturated carbocycles. The summed E-state index contributed by atoms with van der Waals surface area (Å²) in [6.07, 6.45) is 5.34. The smallest absolute Gasteiger partial charge is 0.338 e. The van der Waals surface area contributed by atoms with Crippen LogP contribution in [0, 0.1) is 0 Å². The third kappa shape index (κ3) is 4.28. The van der Waals surface area contributed by atoms with E-state index >= 15 is 0 Å². The monoisotopic (exact) mass is 441 g/mol. The number of carbonyl (C=O) groups is 2. The molecule has 0 radical (unpaired) electrons. The maximum atomic E-state index is 12.4. The molecule has 6 heteroatoms. The first kappa shape index (κ1) is 18.7. The maximum Gasteiger partial charge on any atom is 0.338 e. The standard InChI is InChI=1S/C22H20BrNO4/c23-16-8-11-19-15(12-16)13-20(28-19)21(25)24-17-9-6-14(7-10-17)22(26)27-18-4-2-1-3-5-18/h6-13,18H,1-5H2,(H,24,25). The van der Waals surface area contributed by atoms with E-state index in [2.05, 4.69) is 21.2 Å². The van der Waals surface area contributed by atoms with Gasteiger partial charge in [-0.05, 0) is 74.2 Å². The molecule has 0 spiro atoms. The van der Waals surface area contributed by atoms with E-state index in [1.54, 1.807) is 30.3 Å². The number of amides is 1. The number of carbonyl (C=O) groups excluding carboxylic acids is 2. The van der Waals surface area contributed by atoms with E-state index in [4.69, 9.17) is 9.15 Å². The molecule has 0 atom stereocenters. The Hall–Kier alpha value is -2.60. The average molecular weight is 442 g/mol. The van der Waals surface area contributed by atoms with Gasteiger partial charge in [0, 0.05) is 15.5 Å². The summed E-state index contributed by atoms with van der Waals surface area (Å²) in [4.78, 5) is 24.7. The Morgan fingerprint density at radius 2 is 1.75 bits per heavy atom. The van der Waals surface area contributed by atoms with Crippen LogP contribution in [0.2, 0.25) is 0 Å². The van der Waals surface area contributed by atoms with Crippen LogP contribution < -0.4 is 5.32 Å². The molecule has 5 nitrogen and oxygen atoms in total. The zero-order valence-electron chi connectivity index (χ0n) is 15.2. The van der Waals surface area contributed by atoms with E-state index in [0.717, 1.165) is 35.5 Å². The van der Waals surface area contributed by atoms with Gasteiger partial charge in [-0.15, -0.1) is 0 Å². The molecule has 1 aliphatic rings. The second kappa shape index (κ2) is 8.19. The number of rotatable bonds is 4. The van der Waals surface area contributed by atoms with Crippen molar-refractivity contribution in [3.63, 3.8) is 0 Å². The van der Waals surface area contributed by atoms with Gasteiger partial charge in [0.1, 0.15) is 11.7 Å². The van der Waals surface area contributed by atoms with Crippen LogP contribution in [-0.4, -0.2) is 18.0 Å². The highest BCUT2D eigenvalue weighted by atomic mass is 79.9. The highest BCUT2D eigenvalue weighted by molar-refractivity contribution is 9.10. The normalized spacial score (nSPS) is 14.8. The quantitative estimate of drug-likeness (QED) is 0.508. The van der Waals surface area contributed by atoms with Crippen LogP contribution in [0.4, 0.5) is 5.69 Å². The number of esters is 1. The molecular weight excluding hydrogens is 422 g/mol. The number of benzene rings is 2. The summed E-state index contributed by atoms with van der Waals surface area (Å²) in [5.74, 6) is -0.425. The first-order valence-corrected chi connectivity index (χ1v) is 10.2. The Morgan fingerprint density at radius 3 is 2.50 bits per heavy atom. The number of nitrogens with one attached hydrogen (secondary N) is 1. The third-order valence-corrected chi connectivity index (χ3v) is 5.40. The summed E-state index contributed by atoms with van der Waals surface area (Å²) in [6, 6.07) is 14.0. The number of hydrogen-bond acceptors (Lipinski definition) is 4. The summed E-state index contributed by atoms with van der Waals surface area (Å²) in [7, 11) is 0. The van der Waals surface area contributed by atoms with Gasteiger partial charge in [0.2, 0.25) is 0 Å². The molecule has 1 heterocycles. The van der Waals surface area contributed by atoms with Gasteiger partial charge in [-0.1, -0.05) is 22.4 Å². The van der Waals surface area contributed by atoms with Crippen LogP contribution >= 0.6 is 15.9 Å². The van der Waals surface area contributed by atoms with E-state index in [-0.39, 0.29) is 23.7 Å². The zero-order chi connectivity index (χ0) is 19.5. The molecule has 28 heavy (non-hydrogen) atoms. The second-order valence-corrected chi connectivity index (χ2v) is 7.91. The molecule has 1 amide bonds. The lowest BCUT2D eigenvalue weighted by Crippen LogP contribution is -2.20. The Kier molecular flexibility index (Phi) is 5.48. The number of furan rings is 1. The largest absolute Gasteiger partial charge is 0.459 e. The van der Waals surface area contributed by atoms with Crippen molar-refractivity contribution < 1.29 is 18.7 Å². The summed E-state index contributed by atoms with van der Waals surface area (Å²) in [5, 5.41) is 3.63. The zero-order valence-corrected chi connectivity index (χ0v) is 16.8. The molecular formula is C22H20BrNO4. The van der Waals surface area contributed by atoms with E-state index in [1.807, 2.05) is 18.2 Å². The Bertz CT molecular complexity index is 1000. The molecule has 1 aliphatic carbocycles. The fraction of sp³-hybridized carbons (Fsp3) is 0.273. The highest BCUT2D eigenvalue weighted by Gasteiger charge is 2.19. The van der Waals surface area contributed by atoms with Crippen molar-refractivity contribution in [3.05, 3.63) is 64.3 Å². The Balaban J connectivity index is 1.40. The number of hydrogen-bond donors (Lipinski definition) is 1. The first-order valence-electron chi connectivity index (χ1n) is 9.40. The molecule has 144 valence electrons. The number of ether oxygens (including phenoxy) is 1. The Morgan fingerprint density at radius 1 is 1.00 bits per heavy atom. The molecule has 1 N–H and O–H groups in total. The van der Waals surface area contributed by atoms with E-state index in [9.17, 15) is 9.59 Å². The predicted octanol–water partition coefficient (Wildman–Crippen LogP) is 5.94. The minimum atomic E-state index is -0.343. The summed E-state index contributed by atoms with van der Waals surface area (Å²) < 4.78 is 12.1. The molecule has 2 aromatic carbocycles. The molecule has 1 aromatic heterocycles. The van der Waals surface area contributed by atoms with E-state index in [1.165, 1.54) is 6.42 Å². The van der Waals surface area contributed by atoms with Gasteiger partial charge >= 0.3 is 5.97 Å². The van der Waals surface area contributed by atoms with Crippen LogP contribution in [0.1, 0.15) is 53.0 Å². The lowest BCUT2D eigenvalue weighted by Gasteiger charge is -2.21. The number of halogens is 1. The van der Waals surface area contributed by atoms with Crippen molar-refractivity contribution in [2.75, 3.05) is 5.32 Å². The molecule has 3 aromatic rings. The summed E-state index contributed by atoms with van der Waals surface area (Å²) >= 11 is 3.40. The fourth-order valence-corrected chi connectivity index (χ4v) is 3.79. The highest BCUT2D eigenvalue weighted by Crippen LogP contribution is 2.24. The summed E-state index contributed by atoms with van der Waals surface area (Å²) in [5.41, 5.74) is 1.71. The SMILES string of the molecule is O=C(OC1CCCCC1)c1ccc(NC(=O)c2cc3cc(Br)ccc3o2)cc1. The summed E-state index contributed by atoms with van der Waals surface area (Å²) in [6.45, 7) is 0. The minimum Gasteiger partial charge on any atom is -0.459 e. The molecule has 0 saturated heterocycles. The number of anilines is 1. The average Bonchev–Trinajstić information content (AvgIpc) is 3.12. The van der Waals surface area contributed by atoms with Crippen LogP contribution in [0.3, 0.4) is 0 Å². The second-order valence-electron chi connectivity index (χ2n) is 6.99. The van der Waals surface area contributed by atoms with Crippen LogP contribution in [-0.2, 0) is 4.74 Å². The van der Waals surface area contributed by atoms with Gasteiger partial charge in [-0.25, -0.2) is 4.79 Å². The lowest BCUT2D eigenvalue weighted by atomic mass is 9.98. The predicted molar refractivity (Wildman–Crippen MR) is 111 cm³/mol. The third-order valence-electron chi connectivity index (χ3n) is 4.91. The lowest BCUT2D eigenvalue weighted by molar-refractivity contribution is 0.0211. The van der Waals surface area contributed by atoms with Crippen molar-refractivity contribution >= 4 is 44.5 Å². The van der Waals surface area contributed by atoms with Gasteiger partial charge in [-0.2, -0.15) is 0 Å². The van der Waals surface area contributed by atoms with Crippen LogP contribution in [0.15, 0.2) is 57.4 Å². The van der Waals surface area contributed by atoms with Crippen molar-refractivity contribution in [3.8, 4) is 0 Å². The Labute approximate surface area is 171 Å². The molecule has 0 unspecified atom stereocenters. The van der Waals surface area contributed by atoms with Gasteiger partial charge in [0.05, 0.1) is 5.56 Å². The van der Waals surface area contributed by atoms with Gasteiger partial charge in [0.15, 0.2) is 5.76 Å². The van der Waals surface area contributed by atoms with Crippen molar-refractivity contribution in [2.45, 2.75) is 38.2 Å². The van der Waals surface area contributed by atoms with Gasteiger partial charge in [-0.3, -0.25) is 4.79 Å². The van der Waals surface area contributed by atoms with Crippen molar-refractivity contribution in [1.82, 2.24) is 0 Å². The number of fused-ring (bicyclic) bond motifs is 1. The van der Waals surface area contributed by atoms with Gasteiger partial charge in [0.25, 0.3) is 5.91 Å². The van der Waals surface area contributed by atoms with Crippen LogP contribution in [0.5, 0.6) is 0 Å². The maximum absolute atomic E-state index is 12.4. The van der Waals surface area contributed by atoms with E-state index < -0.39 is 0 Å². The minimum absolute atomic E-state index is 0.0220. The molecule has 0 aliphatic heterocycles. The topological polar surface area (TPSA) is 68.5 Å². The first-order chi connectivity index (χ1) is 13.6. The van der Waals surface area contributed by atoms with Crippen molar-refractivity contribution in [2.24, 2.45) is 0 Å². The molecule has 4 rings (SSSR count). The molecule has 0 bridgehead atoms.